The maximum atomic E-state index is 12.1. The molecule has 0 saturated carbocycles. The fraction of sp³-hybridized carbons (Fsp3) is 0.571. The van der Waals surface area contributed by atoms with Crippen LogP contribution >= 0.6 is 15.9 Å². The predicted molar refractivity (Wildman–Crippen MR) is 112 cm³/mol. The summed E-state index contributed by atoms with van der Waals surface area (Å²) in [6.45, 7) is 3.25. The van der Waals surface area contributed by atoms with Crippen LogP contribution in [0.3, 0.4) is 0 Å². The quantitative estimate of drug-likeness (QED) is 0.514. The summed E-state index contributed by atoms with van der Waals surface area (Å²) in [5, 5.41) is 4.30. The van der Waals surface area contributed by atoms with Gasteiger partial charge in [-0.25, -0.2) is 4.79 Å². The number of ether oxygens (including phenoxy) is 1. The van der Waals surface area contributed by atoms with Crippen LogP contribution < -0.4 is 0 Å². The zero-order valence-corrected chi connectivity index (χ0v) is 17.9. The van der Waals surface area contributed by atoms with Crippen molar-refractivity contribution < 1.29 is 9.53 Å². The molecule has 0 aliphatic carbocycles. The second-order valence-corrected chi connectivity index (χ2v) is 8.77. The number of halogens is 1. The molecule has 28 heavy (non-hydrogen) atoms. The number of methoxy groups -OCH3 is 1. The second kappa shape index (κ2) is 7.95. The minimum atomic E-state index is -0.973. The Balaban J connectivity index is 1.86. The number of nitrogens with zero attached hydrogens (tertiary/aromatic N) is 2. The first-order valence-corrected chi connectivity index (χ1v) is 10.8. The Morgan fingerprint density at radius 2 is 2.25 bits per heavy atom. The number of aromatic nitrogens is 1. The summed E-state index contributed by atoms with van der Waals surface area (Å²) < 4.78 is 5.86. The summed E-state index contributed by atoms with van der Waals surface area (Å²) >= 11 is 3.57. The van der Waals surface area contributed by atoms with Crippen LogP contribution in [-0.2, 0) is 9.53 Å². The molecule has 1 fully saturated rings. The molecule has 6 nitrogen and oxygen atoms in total. The molecule has 0 spiro atoms. The average Bonchev–Trinajstić information content (AvgIpc) is 3.09. The molecule has 0 radical (unpaired) electrons. The standard InChI is InChI=1S/C21H26BrN3O3/c1-3-17-14(11-16(24-27)21(26)28-2)19-13-8-7-12(22)10-15(13)23-20(19)18-6-4-5-9-25(17)18/h7-8,10,14,16-18,23H,3-6,9,11H2,1-2H3. The lowest BCUT2D eigenvalue weighted by Gasteiger charge is -2.48. The fourth-order valence-electron chi connectivity index (χ4n) is 5.31. The smallest absolute Gasteiger partial charge is 0.334 e. The number of rotatable bonds is 5. The minimum absolute atomic E-state index is 0.0612. The molecule has 2 aliphatic rings. The summed E-state index contributed by atoms with van der Waals surface area (Å²) in [6, 6.07) is 5.98. The molecule has 1 saturated heterocycles. The lowest BCUT2D eigenvalue weighted by atomic mass is 9.75. The molecule has 7 heteroatoms. The summed E-state index contributed by atoms with van der Waals surface area (Å²) in [7, 11) is 1.31. The molecule has 0 bridgehead atoms. The largest absolute Gasteiger partial charge is 0.467 e. The molecule has 0 amide bonds. The van der Waals surface area contributed by atoms with E-state index in [0.717, 1.165) is 29.4 Å². The third kappa shape index (κ3) is 3.18. The monoisotopic (exact) mass is 447 g/mol. The number of aromatic amines is 1. The van der Waals surface area contributed by atoms with E-state index in [1.807, 2.05) is 0 Å². The predicted octanol–water partition coefficient (Wildman–Crippen LogP) is 5.03. The van der Waals surface area contributed by atoms with Crippen molar-refractivity contribution in [3.63, 3.8) is 0 Å². The highest BCUT2D eigenvalue weighted by atomic mass is 79.9. The van der Waals surface area contributed by atoms with Crippen LogP contribution in [-0.4, -0.2) is 41.6 Å². The van der Waals surface area contributed by atoms with E-state index in [2.05, 4.69) is 56.1 Å². The van der Waals surface area contributed by atoms with E-state index in [4.69, 9.17) is 4.74 Å². The third-order valence-corrected chi connectivity index (χ3v) is 6.96. The van der Waals surface area contributed by atoms with Crippen molar-refractivity contribution in [2.75, 3.05) is 13.7 Å². The molecule has 2 aliphatic heterocycles. The van der Waals surface area contributed by atoms with E-state index in [-0.39, 0.29) is 12.0 Å². The Hall–Kier alpha value is -1.73. The molecule has 1 aromatic carbocycles. The maximum absolute atomic E-state index is 12.1. The number of piperidine rings is 1. The van der Waals surface area contributed by atoms with Crippen LogP contribution in [0.1, 0.15) is 62.2 Å². The van der Waals surface area contributed by atoms with Gasteiger partial charge in [0.2, 0.25) is 0 Å². The van der Waals surface area contributed by atoms with Gasteiger partial charge in [0.1, 0.15) is 0 Å². The fourth-order valence-corrected chi connectivity index (χ4v) is 5.67. The summed E-state index contributed by atoms with van der Waals surface area (Å²) in [6.07, 6.45) is 4.90. The molecule has 150 valence electrons. The van der Waals surface area contributed by atoms with Crippen LogP contribution in [0, 0.1) is 4.91 Å². The molecule has 4 rings (SSSR count). The summed E-state index contributed by atoms with van der Waals surface area (Å²) in [5.41, 5.74) is 3.60. The lowest BCUT2D eigenvalue weighted by Crippen LogP contribution is -2.49. The number of esters is 1. The van der Waals surface area contributed by atoms with Crippen molar-refractivity contribution in [2.45, 2.75) is 63.1 Å². The molecule has 3 heterocycles. The topological polar surface area (TPSA) is 74.8 Å². The van der Waals surface area contributed by atoms with Crippen LogP contribution in [0.15, 0.2) is 27.8 Å². The highest BCUT2D eigenvalue weighted by molar-refractivity contribution is 9.10. The molecule has 4 unspecified atom stereocenters. The second-order valence-electron chi connectivity index (χ2n) is 7.85. The number of benzene rings is 1. The van der Waals surface area contributed by atoms with Crippen LogP contribution in [0.4, 0.5) is 0 Å². The SMILES string of the molecule is CCC1C(CC(N=O)C(=O)OC)c2c([nH]c3cc(Br)ccc23)C2CCCCN21. The van der Waals surface area contributed by atoms with E-state index < -0.39 is 12.0 Å². The molecule has 1 aromatic heterocycles. The third-order valence-electron chi connectivity index (χ3n) is 6.47. The van der Waals surface area contributed by atoms with Gasteiger partial charge >= 0.3 is 5.97 Å². The van der Waals surface area contributed by atoms with Crippen LogP contribution in [0.25, 0.3) is 10.9 Å². The van der Waals surface area contributed by atoms with E-state index in [9.17, 15) is 9.70 Å². The van der Waals surface area contributed by atoms with Gasteiger partial charge in [0.25, 0.3) is 0 Å². The van der Waals surface area contributed by atoms with Gasteiger partial charge in [-0.15, -0.1) is 4.91 Å². The van der Waals surface area contributed by atoms with Gasteiger partial charge in [0.05, 0.1) is 13.2 Å². The Bertz CT molecular complexity index is 896. The Morgan fingerprint density at radius 1 is 1.43 bits per heavy atom. The number of fused-ring (bicyclic) bond motifs is 5. The molecule has 2 aromatic rings. The normalized spacial score (nSPS) is 25.8. The van der Waals surface area contributed by atoms with Gasteiger partial charge < -0.3 is 9.72 Å². The van der Waals surface area contributed by atoms with E-state index in [1.165, 1.54) is 36.6 Å². The first-order valence-electron chi connectivity index (χ1n) is 10.1. The van der Waals surface area contributed by atoms with E-state index in [0.29, 0.717) is 12.5 Å². The molecule has 4 atom stereocenters. The van der Waals surface area contributed by atoms with E-state index >= 15 is 0 Å². The number of carbonyl (C=O) groups excluding carboxylic acids is 1. The van der Waals surface area contributed by atoms with Gasteiger partial charge in [-0.2, -0.15) is 0 Å². The Morgan fingerprint density at radius 3 is 2.96 bits per heavy atom. The number of nitroso groups, excluding NO2 is 1. The first kappa shape index (κ1) is 19.6. The average molecular weight is 448 g/mol. The number of H-pyrrole nitrogens is 1. The van der Waals surface area contributed by atoms with Crippen molar-refractivity contribution >= 4 is 32.8 Å². The van der Waals surface area contributed by atoms with Gasteiger partial charge in [0, 0.05) is 33.0 Å². The molecular formula is C21H26BrN3O3. The zero-order chi connectivity index (χ0) is 19.8. The van der Waals surface area contributed by atoms with Crippen molar-refractivity contribution in [2.24, 2.45) is 5.18 Å². The van der Waals surface area contributed by atoms with Crippen molar-refractivity contribution in [3.8, 4) is 0 Å². The number of nitrogens with one attached hydrogen (secondary N) is 1. The number of carbonyl (C=O) groups is 1. The highest BCUT2D eigenvalue weighted by Crippen LogP contribution is 2.49. The molecular weight excluding hydrogens is 422 g/mol. The molecule has 1 N–H and O–H groups in total. The zero-order valence-electron chi connectivity index (χ0n) is 16.3. The summed E-state index contributed by atoms with van der Waals surface area (Å²) in [4.78, 5) is 29.8. The van der Waals surface area contributed by atoms with Crippen LogP contribution in [0.5, 0.6) is 0 Å². The first-order chi connectivity index (χ1) is 13.6. The Labute approximate surface area is 173 Å². The van der Waals surface area contributed by atoms with Crippen molar-refractivity contribution in [1.29, 1.82) is 0 Å². The maximum Gasteiger partial charge on any atom is 0.334 e. The van der Waals surface area contributed by atoms with Crippen LogP contribution in [0.2, 0.25) is 0 Å². The Kier molecular flexibility index (Phi) is 5.56. The van der Waals surface area contributed by atoms with Gasteiger partial charge in [-0.3, -0.25) is 4.90 Å². The number of hydrogen-bond acceptors (Lipinski definition) is 5. The van der Waals surface area contributed by atoms with Gasteiger partial charge in [-0.1, -0.05) is 40.5 Å². The van der Waals surface area contributed by atoms with Gasteiger partial charge in [0.15, 0.2) is 6.04 Å². The van der Waals surface area contributed by atoms with E-state index in [1.54, 1.807) is 0 Å². The minimum Gasteiger partial charge on any atom is -0.467 e. The van der Waals surface area contributed by atoms with Crippen molar-refractivity contribution in [3.05, 3.63) is 38.8 Å². The highest BCUT2D eigenvalue weighted by Gasteiger charge is 2.44. The van der Waals surface area contributed by atoms with Crippen molar-refractivity contribution in [1.82, 2.24) is 9.88 Å². The van der Waals surface area contributed by atoms with Gasteiger partial charge in [-0.05, 0) is 49.9 Å². The number of hydrogen-bond donors (Lipinski definition) is 1. The summed E-state index contributed by atoms with van der Waals surface area (Å²) in [5.74, 6) is -0.485. The lowest BCUT2D eigenvalue weighted by molar-refractivity contribution is -0.142.